The van der Waals surface area contributed by atoms with E-state index >= 15 is 0 Å². The average Bonchev–Trinajstić information content (AvgIpc) is 2.95. The molecule has 1 heterocycles. The van der Waals surface area contributed by atoms with E-state index in [-0.39, 0.29) is 18.1 Å². The highest BCUT2D eigenvalue weighted by atomic mass is 16.5. The quantitative estimate of drug-likeness (QED) is 0.361. The third-order valence-electron chi connectivity index (χ3n) is 4.27. The molecule has 0 aliphatic carbocycles. The normalized spacial score (nSPS) is 15.3. The largest absolute Gasteiger partial charge is 0.465 e. The van der Waals surface area contributed by atoms with Crippen LogP contribution in [0.25, 0.3) is 6.08 Å². The maximum Gasteiger partial charge on any atom is 0.337 e. The molecule has 2 aromatic rings. The van der Waals surface area contributed by atoms with Gasteiger partial charge in [0.05, 0.1) is 24.8 Å². The zero-order valence-corrected chi connectivity index (χ0v) is 14.9. The fourth-order valence-corrected chi connectivity index (χ4v) is 2.83. The van der Waals surface area contributed by atoms with E-state index in [4.69, 9.17) is 0 Å². The number of carbonyl (C=O) groups is 4. The molecule has 1 aliphatic heterocycles. The number of esters is 1. The summed E-state index contributed by atoms with van der Waals surface area (Å²) in [5, 5.41) is 0. The zero-order valence-electron chi connectivity index (χ0n) is 14.9. The van der Waals surface area contributed by atoms with Crippen LogP contribution in [0.5, 0.6) is 0 Å². The van der Waals surface area contributed by atoms with Crippen molar-refractivity contribution in [2.24, 2.45) is 0 Å². The summed E-state index contributed by atoms with van der Waals surface area (Å²) in [7, 11) is 1.30. The molecule has 27 heavy (non-hydrogen) atoms. The Balaban J connectivity index is 1.84. The van der Waals surface area contributed by atoms with E-state index < -0.39 is 11.9 Å². The predicted molar refractivity (Wildman–Crippen MR) is 99.3 cm³/mol. The first-order valence-electron chi connectivity index (χ1n) is 8.28. The Morgan fingerprint density at radius 1 is 0.963 bits per heavy atom. The number of imide groups is 1. The van der Waals surface area contributed by atoms with Crippen LogP contribution < -0.4 is 4.90 Å². The molecule has 0 bridgehead atoms. The van der Waals surface area contributed by atoms with Crippen LogP contribution in [0.1, 0.15) is 39.6 Å². The zero-order chi connectivity index (χ0) is 19.6. The molecule has 0 N–H and O–H groups in total. The number of hydrogen-bond acceptors (Lipinski definition) is 5. The fourth-order valence-electron chi connectivity index (χ4n) is 2.83. The van der Waals surface area contributed by atoms with E-state index in [1.54, 1.807) is 54.6 Å². The number of rotatable bonds is 4. The van der Waals surface area contributed by atoms with Crippen molar-refractivity contribution in [1.82, 2.24) is 0 Å². The van der Waals surface area contributed by atoms with Crippen LogP contribution in [0.4, 0.5) is 5.69 Å². The maximum absolute atomic E-state index is 12.7. The Morgan fingerprint density at radius 3 is 2.11 bits per heavy atom. The van der Waals surface area contributed by atoms with Gasteiger partial charge in [-0.3, -0.25) is 14.4 Å². The van der Waals surface area contributed by atoms with Gasteiger partial charge in [-0.2, -0.15) is 0 Å². The van der Waals surface area contributed by atoms with Crippen LogP contribution in [-0.2, 0) is 14.3 Å². The lowest BCUT2D eigenvalue weighted by Gasteiger charge is -2.13. The molecule has 3 rings (SSSR count). The van der Waals surface area contributed by atoms with Crippen LogP contribution in [-0.4, -0.2) is 30.7 Å². The first-order chi connectivity index (χ1) is 12.9. The van der Waals surface area contributed by atoms with Gasteiger partial charge in [-0.25, -0.2) is 9.69 Å². The average molecular weight is 363 g/mol. The summed E-state index contributed by atoms with van der Waals surface area (Å²) in [5.41, 5.74) is 2.41. The van der Waals surface area contributed by atoms with Crippen LogP contribution in [0, 0.1) is 0 Å². The number of amides is 2. The molecule has 1 fully saturated rings. The minimum atomic E-state index is -0.443. The van der Waals surface area contributed by atoms with E-state index in [1.165, 1.54) is 14.0 Å². The predicted octanol–water partition coefficient (Wildman–Crippen LogP) is 3.02. The van der Waals surface area contributed by atoms with Crippen LogP contribution >= 0.6 is 0 Å². The van der Waals surface area contributed by atoms with Gasteiger partial charge >= 0.3 is 5.97 Å². The van der Waals surface area contributed by atoms with Crippen LogP contribution in [0.15, 0.2) is 54.1 Å². The highest BCUT2D eigenvalue weighted by Gasteiger charge is 2.34. The first-order valence-corrected chi connectivity index (χ1v) is 8.28. The highest BCUT2D eigenvalue weighted by molar-refractivity contribution is 6.29. The van der Waals surface area contributed by atoms with Gasteiger partial charge in [0.15, 0.2) is 5.78 Å². The lowest BCUT2D eigenvalue weighted by molar-refractivity contribution is -0.120. The van der Waals surface area contributed by atoms with Crippen molar-refractivity contribution in [3.8, 4) is 0 Å². The van der Waals surface area contributed by atoms with E-state index in [2.05, 4.69) is 4.74 Å². The smallest absolute Gasteiger partial charge is 0.337 e. The molecular formula is C21H17NO5. The van der Waals surface area contributed by atoms with Gasteiger partial charge in [0.2, 0.25) is 5.91 Å². The Labute approximate surface area is 156 Å². The van der Waals surface area contributed by atoms with Gasteiger partial charge in [0, 0.05) is 11.1 Å². The number of ether oxygens (including phenoxy) is 1. The highest BCUT2D eigenvalue weighted by Crippen LogP contribution is 2.27. The van der Waals surface area contributed by atoms with Crippen LogP contribution in [0.3, 0.4) is 0 Å². The fraction of sp³-hybridized carbons (Fsp3) is 0.143. The summed E-state index contributed by atoms with van der Waals surface area (Å²) in [4.78, 5) is 48.9. The van der Waals surface area contributed by atoms with E-state index in [9.17, 15) is 19.2 Å². The van der Waals surface area contributed by atoms with Crippen molar-refractivity contribution in [1.29, 1.82) is 0 Å². The molecule has 0 radical (unpaired) electrons. The number of carbonyl (C=O) groups excluding carboxylic acids is 4. The summed E-state index contributed by atoms with van der Waals surface area (Å²) in [6, 6.07) is 12.9. The second kappa shape index (κ2) is 7.37. The monoisotopic (exact) mass is 363 g/mol. The number of benzene rings is 2. The van der Waals surface area contributed by atoms with Crippen molar-refractivity contribution >= 4 is 35.3 Å². The molecule has 0 aromatic heterocycles. The second-order valence-electron chi connectivity index (χ2n) is 6.10. The molecule has 2 aromatic carbocycles. The Kier molecular flexibility index (Phi) is 4.98. The topological polar surface area (TPSA) is 80.8 Å². The number of ketones is 1. The number of nitrogens with zero attached hydrogens (tertiary/aromatic N) is 1. The van der Waals surface area contributed by atoms with Crippen molar-refractivity contribution < 1.29 is 23.9 Å². The Hall–Kier alpha value is -3.54. The molecule has 2 amide bonds. The molecule has 0 spiro atoms. The maximum atomic E-state index is 12.7. The lowest BCUT2D eigenvalue weighted by Crippen LogP contribution is -2.28. The summed E-state index contributed by atoms with van der Waals surface area (Å²) in [6.45, 7) is 1.45. The molecule has 136 valence electrons. The Bertz CT molecular complexity index is 955. The van der Waals surface area contributed by atoms with Crippen LogP contribution in [0.2, 0.25) is 0 Å². The third-order valence-corrected chi connectivity index (χ3v) is 4.27. The van der Waals surface area contributed by atoms with Gasteiger partial charge in [-0.05, 0) is 55.0 Å². The van der Waals surface area contributed by atoms with Gasteiger partial charge in [-0.1, -0.05) is 12.1 Å². The number of hydrogen-bond donors (Lipinski definition) is 0. The second-order valence-corrected chi connectivity index (χ2v) is 6.10. The molecular weight excluding hydrogens is 346 g/mol. The van der Waals surface area contributed by atoms with E-state index in [1.807, 2.05) is 0 Å². The Morgan fingerprint density at radius 2 is 1.56 bits per heavy atom. The van der Waals surface area contributed by atoms with Gasteiger partial charge in [0.1, 0.15) is 0 Å². The van der Waals surface area contributed by atoms with Crippen molar-refractivity contribution in [3.63, 3.8) is 0 Å². The molecule has 1 saturated heterocycles. The van der Waals surface area contributed by atoms with Crippen molar-refractivity contribution in [3.05, 3.63) is 70.8 Å². The van der Waals surface area contributed by atoms with Crippen molar-refractivity contribution in [2.45, 2.75) is 13.3 Å². The van der Waals surface area contributed by atoms with Gasteiger partial charge in [0.25, 0.3) is 5.91 Å². The summed E-state index contributed by atoms with van der Waals surface area (Å²) in [6.07, 6.45) is 1.62. The van der Waals surface area contributed by atoms with Gasteiger partial charge < -0.3 is 4.74 Å². The number of methoxy groups -OCH3 is 1. The van der Waals surface area contributed by atoms with E-state index in [0.717, 1.165) is 4.90 Å². The van der Waals surface area contributed by atoms with Crippen molar-refractivity contribution in [2.75, 3.05) is 12.0 Å². The summed E-state index contributed by atoms with van der Waals surface area (Å²) < 4.78 is 4.65. The minimum absolute atomic E-state index is 0.00789. The molecule has 0 atom stereocenters. The first kappa shape index (κ1) is 18.3. The summed E-state index contributed by atoms with van der Waals surface area (Å²) >= 11 is 0. The third kappa shape index (κ3) is 3.69. The number of anilines is 1. The molecule has 0 unspecified atom stereocenters. The lowest BCUT2D eigenvalue weighted by atomic mass is 10.1. The minimum Gasteiger partial charge on any atom is -0.465 e. The summed E-state index contributed by atoms with van der Waals surface area (Å²) in [5.74, 6) is -1.25. The number of Topliss-reactive ketones (excluding diaryl/α,β-unsaturated/α-hetero) is 1. The molecule has 0 saturated carbocycles. The standard InChI is InChI=1S/C21H17NO5/c1-13(23)15-7-9-18(10-8-15)22-19(24)12-17(20(22)25)11-14-3-5-16(6-4-14)21(26)27-2/h3-11H,12H2,1-2H3/b17-11+. The SMILES string of the molecule is COC(=O)c1ccc(/C=C2\CC(=O)N(c3ccc(C(C)=O)cc3)C2=O)cc1. The molecule has 6 heteroatoms. The molecule has 6 nitrogen and oxygen atoms in total. The van der Waals surface area contributed by atoms with E-state index in [0.29, 0.717) is 28.0 Å². The van der Waals surface area contributed by atoms with Gasteiger partial charge in [-0.15, -0.1) is 0 Å². The molecule has 1 aliphatic rings.